The average molecular weight is 293 g/mol. The van der Waals surface area contributed by atoms with Crippen LogP contribution >= 0.6 is 0 Å². The quantitative estimate of drug-likeness (QED) is 0.805. The molecule has 3 unspecified atom stereocenters. The van der Waals surface area contributed by atoms with E-state index in [9.17, 15) is 10.2 Å². The van der Waals surface area contributed by atoms with Crippen LogP contribution in [0.4, 0.5) is 0 Å². The maximum Gasteiger partial charge on any atom is 0.122 e. The van der Waals surface area contributed by atoms with Crippen LogP contribution in [0, 0.1) is 12.8 Å². The monoisotopic (exact) mass is 293 g/mol. The predicted molar refractivity (Wildman–Crippen MR) is 83.5 cm³/mol. The molecule has 1 fully saturated rings. The third-order valence-electron chi connectivity index (χ3n) is 4.21. The van der Waals surface area contributed by atoms with Gasteiger partial charge in [-0.25, -0.2) is 0 Å². The van der Waals surface area contributed by atoms with E-state index in [0.29, 0.717) is 19.1 Å². The molecule has 0 radical (unpaired) electrons. The Kier molecular flexibility index (Phi) is 6.03. The van der Waals surface area contributed by atoms with Crippen molar-refractivity contribution in [3.05, 3.63) is 29.8 Å². The molecule has 0 bridgehead atoms. The minimum atomic E-state index is -0.520. The van der Waals surface area contributed by atoms with Crippen molar-refractivity contribution in [3.63, 3.8) is 0 Å². The lowest BCUT2D eigenvalue weighted by atomic mass is 10.1. The molecule has 21 heavy (non-hydrogen) atoms. The highest BCUT2D eigenvalue weighted by molar-refractivity contribution is 5.31. The van der Waals surface area contributed by atoms with Crippen LogP contribution in [0.2, 0.25) is 0 Å². The second-order valence-electron chi connectivity index (χ2n) is 6.21. The first-order valence-electron chi connectivity index (χ1n) is 7.79. The Morgan fingerprint density at radius 2 is 2.10 bits per heavy atom. The predicted octanol–water partition coefficient (Wildman–Crippen LogP) is 1.83. The Labute approximate surface area is 127 Å². The second kappa shape index (κ2) is 7.78. The van der Waals surface area contributed by atoms with E-state index in [0.717, 1.165) is 37.1 Å². The number of aryl methyl sites for hydroxylation is 1. The molecule has 4 nitrogen and oxygen atoms in total. The lowest BCUT2D eigenvalue weighted by Gasteiger charge is -2.25. The van der Waals surface area contributed by atoms with Gasteiger partial charge >= 0.3 is 0 Å². The standard InChI is InChI=1S/C17H27NO3/c1-13-6-3-4-9-17(13)21-12-15(19)11-18(2)10-14-7-5-8-16(14)20/h3-4,6,9,14-16,19-20H,5,7-8,10-12H2,1-2H3. The summed E-state index contributed by atoms with van der Waals surface area (Å²) >= 11 is 0. The van der Waals surface area contributed by atoms with Crippen molar-refractivity contribution in [1.82, 2.24) is 4.90 Å². The van der Waals surface area contributed by atoms with Gasteiger partial charge in [-0.2, -0.15) is 0 Å². The van der Waals surface area contributed by atoms with Crippen LogP contribution in [-0.4, -0.2) is 54.1 Å². The van der Waals surface area contributed by atoms with E-state index >= 15 is 0 Å². The van der Waals surface area contributed by atoms with Gasteiger partial charge in [-0.15, -0.1) is 0 Å². The maximum atomic E-state index is 10.1. The van der Waals surface area contributed by atoms with Gasteiger partial charge in [0, 0.05) is 13.1 Å². The molecule has 1 aliphatic carbocycles. The zero-order valence-corrected chi connectivity index (χ0v) is 13.0. The van der Waals surface area contributed by atoms with E-state index in [1.165, 1.54) is 0 Å². The third-order valence-corrected chi connectivity index (χ3v) is 4.21. The summed E-state index contributed by atoms with van der Waals surface area (Å²) < 4.78 is 5.66. The first-order valence-corrected chi connectivity index (χ1v) is 7.79. The Hall–Kier alpha value is -1.10. The van der Waals surface area contributed by atoms with Gasteiger partial charge in [-0.3, -0.25) is 0 Å². The van der Waals surface area contributed by atoms with Gasteiger partial charge in [0.15, 0.2) is 0 Å². The van der Waals surface area contributed by atoms with E-state index in [1.807, 2.05) is 38.2 Å². The van der Waals surface area contributed by atoms with Gasteiger partial charge in [0.2, 0.25) is 0 Å². The fourth-order valence-electron chi connectivity index (χ4n) is 3.02. The molecule has 0 spiro atoms. The Balaban J connectivity index is 1.71. The van der Waals surface area contributed by atoms with Gasteiger partial charge in [0.1, 0.15) is 18.5 Å². The number of ether oxygens (including phenoxy) is 1. The van der Waals surface area contributed by atoms with Crippen molar-refractivity contribution in [3.8, 4) is 5.75 Å². The fraction of sp³-hybridized carbons (Fsp3) is 0.647. The van der Waals surface area contributed by atoms with Gasteiger partial charge in [0.05, 0.1) is 6.10 Å². The zero-order chi connectivity index (χ0) is 15.2. The highest BCUT2D eigenvalue weighted by Crippen LogP contribution is 2.26. The van der Waals surface area contributed by atoms with Crippen LogP contribution in [0.1, 0.15) is 24.8 Å². The van der Waals surface area contributed by atoms with Crippen LogP contribution in [-0.2, 0) is 0 Å². The smallest absolute Gasteiger partial charge is 0.122 e. The highest BCUT2D eigenvalue weighted by Gasteiger charge is 2.26. The van der Waals surface area contributed by atoms with Gasteiger partial charge in [-0.1, -0.05) is 24.6 Å². The number of likely N-dealkylation sites (N-methyl/N-ethyl adjacent to an activating group) is 1. The minimum Gasteiger partial charge on any atom is -0.491 e. The van der Waals surface area contributed by atoms with Crippen LogP contribution in [0.5, 0.6) is 5.75 Å². The molecule has 1 aromatic rings. The third kappa shape index (κ3) is 4.99. The van der Waals surface area contributed by atoms with Crippen LogP contribution in [0.3, 0.4) is 0 Å². The van der Waals surface area contributed by atoms with Crippen LogP contribution < -0.4 is 4.74 Å². The van der Waals surface area contributed by atoms with Gasteiger partial charge in [0.25, 0.3) is 0 Å². The molecule has 0 amide bonds. The van der Waals surface area contributed by atoms with Crippen molar-refractivity contribution >= 4 is 0 Å². The fourth-order valence-corrected chi connectivity index (χ4v) is 3.02. The number of para-hydroxylation sites is 1. The largest absolute Gasteiger partial charge is 0.491 e. The van der Waals surface area contributed by atoms with Gasteiger partial charge < -0.3 is 19.8 Å². The van der Waals surface area contributed by atoms with Crippen LogP contribution in [0.15, 0.2) is 24.3 Å². The van der Waals surface area contributed by atoms with Crippen molar-refractivity contribution in [1.29, 1.82) is 0 Å². The van der Waals surface area contributed by atoms with E-state index in [-0.39, 0.29) is 6.10 Å². The number of hydrogen-bond donors (Lipinski definition) is 2. The molecular weight excluding hydrogens is 266 g/mol. The molecule has 0 heterocycles. The lowest BCUT2D eigenvalue weighted by molar-refractivity contribution is 0.0577. The summed E-state index contributed by atoms with van der Waals surface area (Å²) in [5, 5.41) is 19.9. The summed E-state index contributed by atoms with van der Waals surface area (Å²) in [4.78, 5) is 2.09. The molecule has 1 aliphatic rings. The zero-order valence-electron chi connectivity index (χ0n) is 13.0. The van der Waals surface area contributed by atoms with Crippen molar-refractivity contribution in [2.75, 3.05) is 26.7 Å². The molecule has 1 saturated carbocycles. The molecule has 0 aliphatic heterocycles. The summed E-state index contributed by atoms with van der Waals surface area (Å²) in [6, 6.07) is 7.82. The number of rotatable bonds is 7. The highest BCUT2D eigenvalue weighted by atomic mass is 16.5. The normalized spacial score (nSPS) is 23.5. The van der Waals surface area contributed by atoms with Gasteiger partial charge in [-0.05, 0) is 44.4 Å². The molecule has 1 aromatic carbocycles. The molecule has 0 saturated heterocycles. The second-order valence-corrected chi connectivity index (χ2v) is 6.21. The molecule has 4 heteroatoms. The molecule has 3 atom stereocenters. The van der Waals surface area contributed by atoms with E-state index in [2.05, 4.69) is 4.90 Å². The summed E-state index contributed by atoms with van der Waals surface area (Å²) in [7, 11) is 1.99. The topological polar surface area (TPSA) is 52.9 Å². The molecule has 2 N–H and O–H groups in total. The SMILES string of the molecule is Cc1ccccc1OCC(O)CN(C)CC1CCCC1O. The summed E-state index contributed by atoms with van der Waals surface area (Å²) in [6.45, 7) is 3.69. The first-order chi connectivity index (χ1) is 10.1. The first kappa shape index (κ1) is 16.3. The van der Waals surface area contributed by atoms with Crippen molar-refractivity contribution in [2.45, 2.75) is 38.4 Å². The molecule has 118 valence electrons. The maximum absolute atomic E-state index is 10.1. The van der Waals surface area contributed by atoms with Crippen LogP contribution in [0.25, 0.3) is 0 Å². The van der Waals surface area contributed by atoms with E-state index in [1.54, 1.807) is 0 Å². The number of hydrogen-bond acceptors (Lipinski definition) is 4. The number of benzene rings is 1. The summed E-state index contributed by atoms with van der Waals surface area (Å²) in [5.74, 6) is 1.17. The Morgan fingerprint density at radius 3 is 2.76 bits per heavy atom. The van der Waals surface area contributed by atoms with E-state index in [4.69, 9.17) is 4.74 Å². The number of aliphatic hydroxyl groups is 2. The van der Waals surface area contributed by atoms with Crippen molar-refractivity contribution < 1.29 is 14.9 Å². The molecule has 0 aromatic heterocycles. The molecular formula is C17H27NO3. The Morgan fingerprint density at radius 1 is 1.33 bits per heavy atom. The average Bonchev–Trinajstić information content (AvgIpc) is 2.83. The number of nitrogens with zero attached hydrogens (tertiary/aromatic N) is 1. The minimum absolute atomic E-state index is 0.173. The van der Waals surface area contributed by atoms with Crippen molar-refractivity contribution in [2.24, 2.45) is 5.92 Å². The Bertz CT molecular complexity index is 438. The summed E-state index contributed by atoms with van der Waals surface area (Å²) in [6.07, 6.45) is 2.41. The summed E-state index contributed by atoms with van der Waals surface area (Å²) in [5.41, 5.74) is 1.08. The lowest BCUT2D eigenvalue weighted by Crippen LogP contribution is -2.37. The van der Waals surface area contributed by atoms with E-state index < -0.39 is 6.10 Å². The molecule has 2 rings (SSSR count). The number of aliphatic hydroxyl groups excluding tert-OH is 2.